The predicted octanol–water partition coefficient (Wildman–Crippen LogP) is 1.38. The van der Waals surface area contributed by atoms with Crippen molar-refractivity contribution in [3.63, 3.8) is 0 Å². The van der Waals surface area contributed by atoms with Crippen LogP contribution in [0.15, 0.2) is 12.1 Å². The van der Waals surface area contributed by atoms with Gasteiger partial charge in [-0.05, 0) is 6.42 Å². The standard InChI is InChI=1S/C6H13BO2.CH4/c1-2-3-4-5-6-7(8)9;/h5-6,8-9H,2-4H2,1H3;1H4/b6-5+;. The zero-order valence-electron chi connectivity index (χ0n) is 5.75. The van der Waals surface area contributed by atoms with E-state index in [1.165, 1.54) is 5.98 Å². The number of hydrogen-bond acceptors (Lipinski definition) is 2. The fourth-order valence-corrected chi connectivity index (χ4v) is 0.540. The summed E-state index contributed by atoms with van der Waals surface area (Å²) in [5, 5.41) is 16.6. The maximum absolute atomic E-state index is 8.32. The maximum atomic E-state index is 8.32. The molecule has 0 fully saturated rings. The lowest BCUT2D eigenvalue weighted by Crippen LogP contribution is -2.05. The normalized spacial score (nSPS) is 9.50. The van der Waals surface area contributed by atoms with Crippen molar-refractivity contribution in [1.82, 2.24) is 0 Å². The molecule has 0 aromatic carbocycles. The van der Waals surface area contributed by atoms with Gasteiger partial charge in [-0.25, -0.2) is 0 Å². The van der Waals surface area contributed by atoms with Crippen LogP contribution in [0.5, 0.6) is 0 Å². The van der Waals surface area contributed by atoms with E-state index in [2.05, 4.69) is 6.92 Å². The van der Waals surface area contributed by atoms with E-state index in [0.717, 1.165) is 19.3 Å². The van der Waals surface area contributed by atoms with Gasteiger partial charge in [-0.1, -0.05) is 39.2 Å². The van der Waals surface area contributed by atoms with Gasteiger partial charge in [0.05, 0.1) is 0 Å². The number of allylic oxidation sites excluding steroid dienone is 1. The first-order valence-electron chi connectivity index (χ1n) is 3.30. The third kappa shape index (κ3) is 10.7. The van der Waals surface area contributed by atoms with E-state index in [4.69, 9.17) is 10.0 Å². The van der Waals surface area contributed by atoms with Crippen LogP contribution in [0.25, 0.3) is 0 Å². The van der Waals surface area contributed by atoms with Crippen LogP contribution >= 0.6 is 0 Å². The van der Waals surface area contributed by atoms with Crippen molar-refractivity contribution in [1.29, 1.82) is 0 Å². The summed E-state index contributed by atoms with van der Waals surface area (Å²) in [6.45, 7) is 2.10. The molecule has 0 aliphatic rings. The first-order valence-corrected chi connectivity index (χ1v) is 3.30. The molecule has 0 saturated heterocycles. The molecule has 0 bridgehead atoms. The van der Waals surface area contributed by atoms with Crippen LogP contribution in [-0.2, 0) is 0 Å². The molecule has 0 saturated carbocycles. The Hall–Kier alpha value is -0.275. The quantitative estimate of drug-likeness (QED) is 0.462. The van der Waals surface area contributed by atoms with E-state index in [1.54, 1.807) is 6.08 Å². The zero-order chi connectivity index (χ0) is 7.11. The highest BCUT2D eigenvalue weighted by atomic mass is 16.4. The third-order valence-corrected chi connectivity index (χ3v) is 1.03. The molecule has 0 radical (unpaired) electrons. The van der Waals surface area contributed by atoms with Gasteiger partial charge in [0.2, 0.25) is 0 Å². The van der Waals surface area contributed by atoms with Crippen molar-refractivity contribution in [2.75, 3.05) is 0 Å². The fraction of sp³-hybridized carbons (Fsp3) is 0.714. The topological polar surface area (TPSA) is 40.5 Å². The Morgan fingerprint density at radius 3 is 2.40 bits per heavy atom. The SMILES string of the molecule is C.CCCC/C=C/B(O)O. The van der Waals surface area contributed by atoms with Crippen LogP contribution in [0.4, 0.5) is 0 Å². The molecule has 0 heterocycles. The van der Waals surface area contributed by atoms with Gasteiger partial charge in [-0.3, -0.25) is 0 Å². The van der Waals surface area contributed by atoms with Crippen LogP contribution in [0.3, 0.4) is 0 Å². The Bertz CT molecular complexity index is 81.7. The molecule has 3 heteroatoms. The van der Waals surface area contributed by atoms with E-state index >= 15 is 0 Å². The highest BCUT2D eigenvalue weighted by molar-refractivity contribution is 6.47. The van der Waals surface area contributed by atoms with Crippen LogP contribution in [0, 0.1) is 0 Å². The monoisotopic (exact) mass is 144 g/mol. The number of unbranched alkanes of at least 4 members (excludes halogenated alkanes) is 2. The lowest BCUT2D eigenvalue weighted by Gasteiger charge is -1.87. The molecular formula is C7H17BO2. The zero-order valence-corrected chi connectivity index (χ0v) is 5.75. The molecule has 0 amide bonds. The molecule has 0 unspecified atom stereocenters. The molecule has 10 heavy (non-hydrogen) atoms. The minimum absolute atomic E-state index is 0. The second-order valence-corrected chi connectivity index (χ2v) is 1.98. The Kier molecular flexibility index (Phi) is 10.8. The van der Waals surface area contributed by atoms with Crippen molar-refractivity contribution in [2.45, 2.75) is 33.6 Å². The van der Waals surface area contributed by atoms with Crippen molar-refractivity contribution >= 4 is 7.12 Å². The minimum Gasteiger partial charge on any atom is -0.424 e. The molecule has 0 aromatic heterocycles. The summed E-state index contributed by atoms with van der Waals surface area (Å²) >= 11 is 0. The summed E-state index contributed by atoms with van der Waals surface area (Å²) in [6, 6.07) is 0. The van der Waals surface area contributed by atoms with Crippen molar-refractivity contribution in [3.05, 3.63) is 12.1 Å². The maximum Gasteiger partial charge on any atom is 0.480 e. The second-order valence-electron chi connectivity index (χ2n) is 1.98. The first kappa shape index (κ1) is 12.4. The summed E-state index contributed by atoms with van der Waals surface area (Å²) in [6.07, 6.45) is 4.98. The first-order chi connectivity index (χ1) is 4.27. The second kappa shape index (κ2) is 8.72. The average Bonchev–Trinajstić information content (AvgIpc) is 1.80. The van der Waals surface area contributed by atoms with E-state index in [1.807, 2.05) is 0 Å². The van der Waals surface area contributed by atoms with E-state index < -0.39 is 7.12 Å². The molecule has 0 atom stereocenters. The lowest BCUT2D eigenvalue weighted by molar-refractivity contribution is 0.424. The Morgan fingerprint density at radius 2 is 2.00 bits per heavy atom. The molecule has 0 aromatic rings. The van der Waals surface area contributed by atoms with Gasteiger partial charge in [-0.2, -0.15) is 0 Å². The highest BCUT2D eigenvalue weighted by Gasteiger charge is 1.95. The summed E-state index contributed by atoms with van der Waals surface area (Å²) < 4.78 is 0. The fourth-order valence-electron chi connectivity index (χ4n) is 0.540. The van der Waals surface area contributed by atoms with Gasteiger partial charge in [0, 0.05) is 0 Å². The van der Waals surface area contributed by atoms with Crippen molar-refractivity contribution < 1.29 is 10.0 Å². The molecule has 2 N–H and O–H groups in total. The molecule has 0 aliphatic carbocycles. The molecular weight excluding hydrogens is 127 g/mol. The highest BCUT2D eigenvalue weighted by Crippen LogP contribution is 1.94. The van der Waals surface area contributed by atoms with Crippen LogP contribution in [0.2, 0.25) is 0 Å². The molecule has 0 spiro atoms. The van der Waals surface area contributed by atoms with Crippen LogP contribution in [-0.4, -0.2) is 17.2 Å². The Morgan fingerprint density at radius 1 is 1.40 bits per heavy atom. The van der Waals surface area contributed by atoms with Crippen LogP contribution < -0.4 is 0 Å². The summed E-state index contributed by atoms with van der Waals surface area (Å²) in [5.41, 5.74) is 0. The van der Waals surface area contributed by atoms with Crippen molar-refractivity contribution in [2.24, 2.45) is 0 Å². The van der Waals surface area contributed by atoms with Crippen molar-refractivity contribution in [3.8, 4) is 0 Å². The molecule has 60 valence electrons. The van der Waals surface area contributed by atoms with Gasteiger partial charge in [0.15, 0.2) is 0 Å². The Balaban J connectivity index is 0. The average molecular weight is 144 g/mol. The summed E-state index contributed by atoms with van der Waals surface area (Å²) in [7, 11) is -1.28. The minimum atomic E-state index is -1.28. The van der Waals surface area contributed by atoms with Gasteiger partial charge in [0.1, 0.15) is 0 Å². The van der Waals surface area contributed by atoms with E-state index in [9.17, 15) is 0 Å². The van der Waals surface area contributed by atoms with Gasteiger partial charge < -0.3 is 10.0 Å². The third-order valence-electron chi connectivity index (χ3n) is 1.03. The van der Waals surface area contributed by atoms with Gasteiger partial charge >= 0.3 is 7.12 Å². The summed E-state index contributed by atoms with van der Waals surface area (Å²) in [5.74, 6) is 1.38. The Labute approximate surface area is 63.7 Å². The number of rotatable bonds is 4. The lowest BCUT2D eigenvalue weighted by atomic mass is 9.91. The predicted molar refractivity (Wildman–Crippen MR) is 45.6 cm³/mol. The number of hydrogen-bond donors (Lipinski definition) is 2. The molecule has 2 nitrogen and oxygen atoms in total. The molecule has 0 rings (SSSR count). The van der Waals surface area contributed by atoms with Gasteiger partial charge in [0.25, 0.3) is 0 Å². The largest absolute Gasteiger partial charge is 0.480 e. The smallest absolute Gasteiger partial charge is 0.424 e. The molecule has 0 aliphatic heterocycles. The van der Waals surface area contributed by atoms with Gasteiger partial charge in [-0.15, -0.1) is 0 Å². The van der Waals surface area contributed by atoms with Crippen LogP contribution in [0.1, 0.15) is 33.6 Å². The van der Waals surface area contributed by atoms with E-state index in [-0.39, 0.29) is 7.43 Å². The summed E-state index contributed by atoms with van der Waals surface area (Å²) in [4.78, 5) is 0. The van der Waals surface area contributed by atoms with E-state index in [0.29, 0.717) is 0 Å².